The van der Waals surface area contributed by atoms with E-state index in [1.54, 1.807) is 10.6 Å². The number of carbonyl (C=O) groups is 1. The van der Waals surface area contributed by atoms with E-state index in [2.05, 4.69) is 31.0 Å². The molecule has 0 atom stereocenters. The number of hydrogen-bond donors (Lipinski definition) is 1. The Bertz CT molecular complexity index is 1270. The summed E-state index contributed by atoms with van der Waals surface area (Å²) in [6.45, 7) is 4.15. The minimum absolute atomic E-state index is 0.223. The van der Waals surface area contributed by atoms with Gasteiger partial charge in [-0.15, -0.1) is 0 Å². The number of fused-ring (bicyclic) bond motifs is 1. The fourth-order valence-electron chi connectivity index (χ4n) is 4.18. The molecule has 0 spiro atoms. The SMILES string of the molecule is CSN1CCC(Cc2nc(-c3ccc(C)c(NC(=O)c4cnc5ccccn45)c3)no2)CC1. The largest absolute Gasteiger partial charge is 0.339 e. The highest BCUT2D eigenvalue weighted by Crippen LogP contribution is 2.27. The molecule has 1 aromatic carbocycles. The number of hydrogen-bond acceptors (Lipinski definition) is 7. The lowest BCUT2D eigenvalue weighted by Crippen LogP contribution is -2.29. The smallest absolute Gasteiger partial charge is 0.274 e. The van der Waals surface area contributed by atoms with E-state index in [9.17, 15) is 4.79 Å². The standard InChI is InChI=1S/C24H26N6O2S/c1-16-6-7-18(23-27-22(32-28-23)13-17-8-11-29(33-2)12-9-17)14-19(16)26-24(31)20-15-25-21-5-3-4-10-30(20)21/h3-7,10,14-15,17H,8-9,11-13H2,1-2H3,(H,26,31). The van der Waals surface area contributed by atoms with Crippen molar-refractivity contribution in [1.29, 1.82) is 0 Å². The van der Waals surface area contributed by atoms with Gasteiger partial charge in [0, 0.05) is 37.0 Å². The molecule has 1 saturated heterocycles. The Morgan fingerprint density at radius 2 is 2.09 bits per heavy atom. The molecule has 3 aromatic heterocycles. The first-order valence-electron chi connectivity index (χ1n) is 11.1. The fraction of sp³-hybridized carbons (Fsp3) is 0.333. The maximum absolute atomic E-state index is 12.9. The van der Waals surface area contributed by atoms with Crippen molar-refractivity contribution in [2.45, 2.75) is 26.2 Å². The fourth-order valence-corrected chi connectivity index (χ4v) is 4.76. The van der Waals surface area contributed by atoms with Gasteiger partial charge in [0.15, 0.2) is 0 Å². The lowest BCUT2D eigenvalue weighted by Gasteiger charge is -2.29. The van der Waals surface area contributed by atoms with Crippen molar-refractivity contribution < 1.29 is 9.32 Å². The quantitative estimate of drug-likeness (QED) is 0.423. The molecule has 0 radical (unpaired) electrons. The van der Waals surface area contributed by atoms with Crippen LogP contribution >= 0.6 is 11.9 Å². The van der Waals surface area contributed by atoms with Crippen LogP contribution in [-0.2, 0) is 6.42 Å². The number of rotatable bonds is 6. The molecular weight excluding hydrogens is 436 g/mol. The second-order valence-electron chi connectivity index (χ2n) is 8.33. The molecule has 0 bridgehead atoms. The molecule has 170 valence electrons. The van der Waals surface area contributed by atoms with Crippen LogP contribution in [0.1, 0.15) is 34.8 Å². The molecule has 9 heteroatoms. The molecule has 1 fully saturated rings. The number of nitrogens with one attached hydrogen (secondary N) is 1. The van der Waals surface area contributed by atoms with E-state index in [0.717, 1.165) is 49.1 Å². The summed E-state index contributed by atoms with van der Waals surface area (Å²) >= 11 is 1.81. The Labute approximate surface area is 196 Å². The second-order valence-corrected chi connectivity index (χ2v) is 9.21. The average molecular weight is 463 g/mol. The minimum Gasteiger partial charge on any atom is -0.339 e. The van der Waals surface area contributed by atoms with Crippen LogP contribution in [0.4, 0.5) is 5.69 Å². The molecule has 1 N–H and O–H groups in total. The summed E-state index contributed by atoms with van der Waals surface area (Å²) in [6, 6.07) is 11.4. The van der Waals surface area contributed by atoms with Gasteiger partial charge in [-0.25, -0.2) is 4.98 Å². The van der Waals surface area contributed by atoms with E-state index in [0.29, 0.717) is 29.0 Å². The topological polar surface area (TPSA) is 88.6 Å². The minimum atomic E-state index is -0.223. The van der Waals surface area contributed by atoms with Crippen molar-refractivity contribution in [2.75, 3.05) is 24.7 Å². The molecule has 4 aromatic rings. The molecule has 0 unspecified atom stereocenters. The predicted octanol–water partition coefficient (Wildman–Crippen LogP) is 4.48. The van der Waals surface area contributed by atoms with Crippen LogP contribution in [0.25, 0.3) is 17.0 Å². The Hall–Kier alpha value is -3.17. The summed E-state index contributed by atoms with van der Waals surface area (Å²) in [7, 11) is 0. The van der Waals surface area contributed by atoms with Crippen LogP contribution < -0.4 is 5.32 Å². The number of anilines is 1. The highest BCUT2D eigenvalue weighted by Gasteiger charge is 2.22. The van der Waals surface area contributed by atoms with Crippen molar-refractivity contribution in [2.24, 2.45) is 5.92 Å². The molecule has 33 heavy (non-hydrogen) atoms. The third-order valence-corrected chi connectivity index (χ3v) is 7.04. The summed E-state index contributed by atoms with van der Waals surface area (Å²) in [5.74, 6) is 1.56. The number of nitrogens with zero attached hydrogens (tertiary/aromatic N) is 5. The van der Waals surface area contributed by atoms with Crippen LogP contribution in [0, 0.1) is 12.8 Å². The first-order chi connectivity index (χ1) is 16.1. The number of pyridine rings is 1. The maximum atomic E-state index is 12.9. The molecular formula is C24H26N6O2S. The van der Waals surface area contributed by atoms with E-state index in [1.807, 2.05) is 61.5 Å². The van der Waals surface area contributed by atoms with Gasteiger partial charge in [0.2, 0.25) is 11.7 Å². The third-order valence-electron chi connectivity index (χ3n) is 6.16. The first kappa shape index (κ1) is 21.7. The Morgan fingerprint density at radius 1 is 1.24 bits per heavy atom. The highest BCUT2D eigenvalue weighted by molar-refractivity contribution is 7.96. The van der Waals surface area contributed by atoms with Gasteiger partial charge >= 0.3 is 0 Å². The van der Waals surface area contributed by atoms with Crippen LogP contribution in [0.3, 0.4) is 0 Å². The van der Waals surface area contributed by atoms with Crippen LogP contribution in [0.15, 0.2) is 53.3 Å². The van der Waals surface area contributed by atoms with Gasteiger partial charge in [0.25, 0.3) is 5.91 Å². The lowest BCUT2D eigenvalue weighted by molar-refractivity contribution is 0.102. The van der Waals surface area contributed by atoms with Crippen LogP contribution in [0.5, 0.6) is 0 Å². The Kier molecular flexibility index (Phi) is 6.15. The summed E-state index contributed by atoms with van der Waals surface area (Å²) in [5, 5.41) is 7.20. The zero-order valence-electron chi connectivity index (χ0n) is 18.7. The normalized spacial score (nSPS) is 15.2. The van der Waals surface area contributed by atoms with Gasteiger partial charge in [-0.05, 0) is 55.7 Å². The molecule has 5 rings (SSSR count). The predicted molar refractivity (Wildman–Crippen MR) is 129 cm³/mol. The van der Waals surface area contributed by atoms with E-state index in [4.69, 9.17) is 4.52 Å². The van der Waals surface area contributed by atoms with Gasteiger partial charge in [-0.3, -0.25) is 13.5 Å². The number of imidazole rings is 1. The molecule has 0 aliphatic carbocycles. The lowest BCUT2D eigenvalue weighted by atomic mass is 9.95. The summed E-state index contributed by atoms with van der Waals surface area (Å²) < 4.78 is 9.72. The number of benzene rings is 1. The highest BCUT2D eigenvalue weighted by atomic mass is 32.2. The van der Waals surface area contributed by atoms with Gasteiger partial charge in [-0.1, -0.05) is 35.3 Å². The summed E-state index contributed by atoms with van der Waals surface area (Å²) in [5.41, 5.74) is 3.67. The van der Waals surface area contributed by atoms with Crippen LogP contribution in [-0.4, -0.2) is 49.1 Å². The van der Waals surface area contributed by atoms with Crippen molar-refractivity contribution in [3.05, 3.63) is 65.9 Å². The molecule has 1 amide bonds. The van der Waals surface area contributed by atoms with Gasteiger partial charge in [-0.2, -0.15) is 4.98 Å². The van der Waals surface area contributed by atoms with Crippen LogP contribution in [0.2, 0.25) is 0 Å². The molecule has 4 heterocycles. The van der Waals surface area contributed by atoms with E-state index in [1.165, 1.54) is 0 Å². The summed E-state index contributed by atoms with van der Waals surface area (Å²) in [4.78, 5) is 21.9. The van der Waals surface area contributed by atoms with E-state index >= 15 is 0 Å². The van der Waals surface area contributed by atoms with E-state index in [-0.39, 0.29) is 5.91 Å². The number of piperidine rings is 1. The number of carbonyl (C=O) groups excluding carboxylic acids is 1. The molecule has 0 saturated carbocycles. The van der Waals surface area contributed by atoms with Gasteiger partial charge in [0.05, 0.1) is 6.20 Å². The van der Waals surface area contributed by atoms with E-state index < -0.39 is 0 Å². The number of aryl methyl sites for hydroxylation is 1. The molecule has 8 nitrogen and oxygen atoms in total. The van der Waals surface area contributed by atoms with Crippen molar-refractivity contribution in [1.82, 2.24) is 23.8 Å². The van der Waals surface area contributed by atoms with Crippen molar-refractivity contribution in [3.63, 3.8) is 0 Å². The first-order valence-corrected chi connectivity index (χ1v) is 12.2. The molecule has 1 aliphatic heterocycles. The van der Waals surface area contributed by atoms with Crippen molar-refractivity contribution >= 4 is 29.2 Å². The van der Waals surface area contributed by atoms with Crippen molar-refractivity contribution in [3.8, 4) is 11.4 Å². The second kappa shape index (κ2) is 9.36. The summed E-state index contributed by atoms with van der Waals surface area (Å²) in [6.07, 6.45) is 8.62. The molecule has 1 aliphatic rings. The van der Waals surface area contributed by atoms with Gasteiger partial charge in [0.1, 0.15) is 11.3 Å². The zero-order valence-corrected chi connectivity index (χ0v) is 19.5. The monoisotopic (exact) mass is 462 g/mol. The number of amides is 1. The maximum Gasteiger partial charge on any atom is 0.274 e. The zero-order chi connectivity index (χ0) is 22.8. The third kappa shape index (κ3) is 4.65. The van der Waals surface area contributed by atoms with Gasteiger partial charge < -0.3 is 9.84 Å². The number of aromatic nitrogens is 4. The Balaban J connectivity index is 1.30. The Morgan fingerprint density at radius 3 is 2.91 bits per heavy atom. The average Bonchev–Trinajstić information content (AvgIpc) is 3.48.